The lowest BCUT2D eigenvalue weighted by atomic mass is 9.83. The SMILES string of the molecule is O=C1OC2(CCN(C(=O)c3c4ccccc4nc4ccccc34)CC2)c2ccccc21. The molecule has 1 aromatic heterocycles. The minimum absolute atomic E-state index is 0.00209. The number of nitrogens with zero attached hydrogens (tertiary/aromatic N) is 2. The number of ether oxygens (including phenoxy) is 1. The molecule has 4 aromatic rings. The van der Waals surface area contributed by atoms with E-state index in [2.05, 4.69) is 0 Å². The largest absolute Gasteiger partial charge is 0.450 e. The number of aromatic nitrogens is 1. The van der Waals surface area contributed by atoms with Gasteiger partial charge >= 0.3 is 5.97 Å². The van der Waals surface area contributed by atoms with Gasteiger partial charge in [-0.15, -0.1) is 0 Å². The molecule has 5 heteroatoms. The normalized spacial score (nSPS) is 17.2. The summed E-state index contributed by atoms with van der Waals surface area (Å²) in [5.74, 6) is -0.260. The van der Waals surface area contributed by atoms with Gasteiger partial charge in [0.15, 0.2) is 0 Å². The molecule has 1 amide bonds. The molecule has 0 aliphatic carbocycles. The zero-order valence-electron chi connectivity index (χ0n) is 16.9. The third-order valence-electron chi connectivity index (χ3n) is 6.59. The first-order valence-corrected chi connectivity index (χ1v) is 10.6. The Bertz CT molecular complexity index is 1320. The van der Waals surface area contributed by atoms with Crippen LogP contribution < -0.4 is 0 Å². The highest BCUT2D eigenvalue weighted by Gasteiger charge is 2.47. The summed E-state index contributed by atoms with van der Waals surface area (Å²) >= 11 is 0. The van der Waals surface area contributed by atoms with Crippen molar-refractivity contribution in [2.45, 2.75) is 18.4 Å². The van der Waals surface area contributed by atoms with E-state index in [4.69, 9.17) is 9.72 Å². The number of rotatable bonds is 1. The maximum absolute atomic E-state index is 13.7. The van der Waals surface area contributed by atoms with Gasteiger partial charge in [-0.1, -0.05) is 54.6 Å². The van der Waals surface area contributed by atoms with Crippen molar-refractivity contribution in [2.75, 3.05) is 13.1 Å². The van der Waals surface area contributed by atoms with Crippen molar-refractivity contribution in [1.82, 2.24) is 9.88 Å². The van der Waals surface area contributed by atoms with Crippen molar-refractivity contribution in [1.29, 1.82) is 0 Å². The molecule has 0 atom stereocenters. The Morgan fingerprint density at radius 1 is 0.839 bits per heavy atom. The first-order chi connectivity index (χ1) is 15.2. The first kappa shape index (κ1) is 18.1. The van der Waals surface area contributed by atoms with Crippen LogP contribution in [0.2, 0.25) is 0 Å². The number of amides is 1. The Balaban J connectivity index is 1.37. The summed E-state index contributed by atoms with van der Waals surface area (Å²) in [7, 11) is 0. The van der Waals surface area contributed by atoms with Gasteiger partial charge in [-0.2, -0.15) is 0 Å². The average Bonchev–Trinajstić information content (AvgIpc) is 3.09. The topological polar surface area (TPSA) is 59.5 Å². The van der Waals surface area contributed by atoms with Gasteiger partial charge in [0.05, 0.1) is 22.2 Å². The van der Waals surface area contributed by atoms with E-state index < -0.39 is 5.60 Å². The molecule has 1 fully saturated rings. The van der Waals surface area contributed by atoms with E-state index in [1.54, 1.807) is 0 Å². The van der Waals surface area contributed by atoms with E-state index in [-0.39, 0.29) is 11.9 Å². The van der Waals surface area contributed by atoms with Gasteiger partial charge in [0.2, 0.25) is 0 Å². The minimum Gasteiger partial charge on any atom is -0.450 e. The number of benzene rings is 3. The van der Waals surface area contributed by atoms with E-state index in [1.807, 2.05) is 77.7 Å². The molecule has 0 N–H and O–H groups in total. The van der Waals surface area contributed by atoms with Gasteiger partial charge in [-0.25, -0.2) is 9.78 Å². The number of carbonyl (C=O) groups is 2. The van der Waals surface area contributed by atoms with E-state index in [0.717, 1.165) is 27.4 Å². The molecule has 1 spiro atoms. The number of hydrogen-bond donors (Lipinski definition) is 0. The Morgan fingerprint density at radius 3 is 2.10 bits per heavy atom. The standard InChI is InChI=1S/C26H20N2O3/c29-24(23-18-8-2-5-11-21(18)27-22-12-6-3-9-19(22)23)28-15-13-26(14-16-28)20-10-4-1-7-17(20)25(30)31-26/h1-12H,13-16H2. The van der Waals surface area contributed by atoms with Crippen LogP contribution in [0.15, 0.2) is 72.8 Å². The molecule has 152 valence electrons. The number of hydrogen-bond acceptors (Lipinski definition) is 4. The van der Waals surface area contributed by atoms with E-state index in [0.29, 0.717) is 37.1 Å². The molecule has 2 aliphatic rings. The smallest absolute Gasteiger partial charge is 0.339 e. The molecule has 2 aliphatic heterocycles. The molecule has 0 unspecified atom stereocenters. The van der Waals surface area contributed by atoms with Crippen LogP contribution in [0.1, 0.15) is 39.1 Å². The Labute approximate surface area is 179 Å². The van der Waals surface area contributed by atoms with Crippen molar-refractivity contribution in [2.24, 2.45) is 0 Å². The third-order valence-corrected chi connectivity index (χ3v) is 6.59. The maximum Gasteiger partial charge on any atom is 0.339 e. The van der Waals surface area contributed by atoms with Crippen molar-refractivity contribution in [3.63, 3.8) is 0 Å². The van der Waals surface area contributed by atoms with Crippen LogP contribution in [0.5, 0.6) is 0 Å². The second-order valence-electron chi connectivity index (χ2n) is 8.24. The van der Waals surface area contributed by atoms with Crippen LogP contribution in [0.3, 0.4) is 0 Å². The summed E-state index contributed by atoms with van der Waals surface area (Å²) in [4.78, 5) is 32.7. The second kappa shape index (κ2) is 6.64. The second-order valence-corrected chi connectivity index (χ2v) is 8.24. The number of pyridine rings is 1. The quantitative estimate of drug-likeness (QED) is 0.339. The maximum atomic E-state index is 13.7. The van der Waals surface area contributed by atoms with Gasteiger partial charge < -0.3 is 9.64 Å². The lowest BCUT2D eigenvalue weighted by Gasteiger charge is -2.38. The van der Waals surface area contributed by atoms with Crippen LogP contribution in [-0.4, -0.2) is 34.8 Å². The van der Waals surface area contributed by atoms with Gasteiger partial charge in [0.25, 0.3) is 5.91 Å². The molecule has 1 saturated heterocycles. The lowest BCUT2D eigenvalue weighted by Crippen LogP contribution is -2.45. The van der Waals surface area contributed by atoms with Gasteiger partial charge in [0.1, 0.15) is 5.60 Å². The highest BCUT2D eigenvalue weighted by molar-refractivity contribution is 6.16. The third kappa shape index (κ3) is 2.66. The molecule has 5 nitrogen and oxygen atoms in total. The van der Waals surface area contributed by atoms with Gasteiger partial charge in [-0.05, 0) is 18.2 Å². The molecule has 31 heavy (non-hydrogen) atoms. The van der Waals surface area contributed by atoms with E-state index in [9.17, 15) is 9.59 Å². The van der Waals surface area contributed by atoms with Crippen molar-refractivity contribution >= 4 is 33.7 Å². The lowest BCUT2D eigenvalue weighted by molar-refractivity contribution is -0.0389. The monoisotopic (exact) mass is 408 g/mol. The fourth-order valence-corrected chi connectivity index (χ4v) is 5.02. The highest BCUT2D eigenvalue weighted by Crippen LogP contribution is 2.44. The van der Waals surface area contributed by atoms with Gasteiger partial charge in [0, 0.05) is 42.3 Å². The molecular weight excluding hydrogens is 388 g/mol. The number of likely N-dealkylation sites (tertiary alicyclic amines) is 1. The zero-order valence-corrected chi connectivity index (χ0v) is 16.9. The summed E-state index contributed by atoms with van der Waals surface area (Å²) in [5, 5.41) is 1.73. The van der Waals surface area contributed by atoms with E-state index in [1.165, 1.54) is 0 Å². The van der Waals surface area contributed by atoms with Crippen LogP contribution >= 0.6 is 0 Å². The Morgan fingerprint density at radius 2 is 1.42 bits per heavy atom. The molecule has 0 bridgehead atoms. The summed E-state index contributed by atoms with van der Waals surface area (Å²) < 4.78 is 5.85. The predicted octanol–water partition coefficient (Wildman–Crippen LogP) is 4.69. The predicted molar refractivity (Wildman–Crippen MR) is 118 cm³/mol. The van der Waals surface area contributed by atoms with Crippen molar-refractivity contribution in [3.8, 4) is 0 Å². The number of esters is 1. The van der Waals surface area contributed by atoms with Crippen LogP contribution in [-0.2, 0) is 10.3 Å². The molecule has 3 aromatic carbocycles. The number of fused-ring (bicyclic) bond motifs is 4. The fourth-order valence-electron chi connectivity index (χ4n) is 5.02. The molecule has 3 heterocycles. The average molecular weight is 408 g/mol. The first-order valence-electron chi connectivity index (χ1n) is 10.6. The molecule has 0 radical (unpaired) electrons. The molecule has 0 saturated carbocycles. The molecular formula is C26H20N2O3. The number of carbonyl (C=O) groups excluding carboxylic acids is 2. The number of piperidine rings is 1. The number of para-hydroxylation sites is 2. The van der Waals surface area contributed by atoms with Crippen LogP contribution in [0, 0.1) is 0 Å². The zero-order chi connectivity index (χ0) is 21.0. The van der Waals surface area contributed by atoms with Crippen LogP contribution in [0.25, 0.3) is 21.8 Å². The summed E-state index contributed by atoms with van der Waals surface area (Å²) in [6, 6.07) is 23.2. The Hall–Kier alpha value is -3.73. The summed E-state index contributed by atoms with van der Waals surface area (Å²) in [6.45, 7) is 1.07. The van der Waals surface area contributed by atoms with Gasteiger partial charge in [-0.3, -0.25) is 4.79 Å². The molecule has 6 rings (SSSR count). The van der Waals surface area contributed by atoms with Crippen molar-refractivity contribution < 1.29 is 14.3 Å². The summed E-state index contributed by atoms with van der Waals surface area (Å²) in [6.07, 6.45) is 1.20. The Kier molecular flexibility index (Phi) is 3.87. The van der Waals surface area contributed by atoms with E-state index >= 15 is 0 Å². The highest BCUT2D eigenvalue weighted by atomic mass is 16.6. The fraction of sp³-hybridized carbons (Fsp3) is 0.192. The summed E-state index contributed by atoms with van der Waals surface area (Å²) in [5.41, 5.74) is 3.31. The minimum atomic E-state index is -0.618. The van der Waals surface area contributed by atoms with Crippen molar-refractivity contribution in [3.05, 3.63) is 89.5 Å². The van der Waals surface area contributed by atoms with Crippen LogP contribution in [0.4, 0.5) is 0 Å².